The molecule has 0 unspecified atom stereocenters. The van der Waals surface area contributed by atoms with Gasteiger partial charge in [-0.1, -0.05) is 17.7 Å². The molecule has 2 rings (SSSR count). The number of hydrogen-bond acceptors (Lipinski definition) is 3. The first kappa shape index (κ1) is 18.8. The van der Waals surface area contributed by atoms with Crippen LogP contribution in [0.3, 0.4) is 0 Å². The number of nitrogens with zero attached hydrogens (tertiary/aromatic N) is 1. The molecule has 8 heteroatoms. The van der Waals surface area contributed by atoms with E-state index in [2.05, 4.69) is 10.6 Å². The van der Waals surface area contributed by atoms with Crippen molar-refractivity contribution in [1.29, 1.82) is 0 Å². The standard InChI is InChI=1S/C17H16ClF2N3O2/c1-23(9-16(24)21-13-4-2-3-12(19)8-13)10-17(25)22-15-7-11(18)5-6-14(15)20/h2-8H,9-10H2,1H3,(H,21,24)(H,22,25). The third-order valence-electron chi connectivity index (χ3n) is 3.14. The van der Waals surface area contributed by atoms with Crippen LogP contribution in [0.25, 0.3) is 0 Å². The maximum Gasteiger partial charge on any atom is 0.238 e. The summed E-state index contributed by atoms with van der Waals surface area (Å²) >= 11 is 5.75. The molecule has 2 aromatic carbocycles. The van der Waals surface area contributed by atoms with Crippen LogP contribution in [0.1, 0.15) is 0 Å². The summed E-state index contributed by atoms with van der Waals surface area (Å²) in [6.07, 6.45) is 0. The van der Waals surface area contributed by atoms with Crippen LogP contribution in [0.2, 0.25) is 5.02 Å². The van der Waals surface area contributed by atoms with Crippen LogP contribution >= 0.6 is 11.6 Å². The second-order valence-corrected chi connectivity index (χ2v) is 5.84. The minimum atomic E-state index is -0.607. The second-order valence-electron chi connectivity index (χ2n) is 5.40. The minimum absolute atomic E-state index is 0.0323. The summed E-state index contributed by atoms with van der Waals surface area (Å²) in [4.78, 5) is 25.3. The molecule has 0 fully saturated rings. The number of carbonyl (C=O) groups is 2. The lowest BCUT2D eigenvalue weighted by molar-refractivity contribution is -0.119. The summed E-state index contributed by atoms with van der Waals surface area (Å²) in [6, 6.07) is 9.29. The number of likely N-dealkylation sites (N-methyl/N-ethyl adjacent to an activating group) is 1. The molecule has 0 aliphatic heterocycles. The van der Waals surface area contributed by atoms with Gasteiger partial charge in [-0.2, -0.15) is 0 Å². The summed E-state index contributed by atoms with van der Waals surface area (Å²) in [7, 11) is 1.55. The van der Waals surface area contributed by atoms with E-state index in [1.807, 2.05) is 0 Å². The first-order chi connectivity index (χ1) is 11.8. The number of carbonyl (C=O) groups excluding carboxylic acids is 2. The van der Waals surface area contributed by atoms with Crippen molar-refractivity contribution in [3.8, 4) is 0 Å². The molecule has 2 aromatic rings. The smallest absolute Gasteiger partial charge is 0.238 e. The highest BCUT2D eigenvalue weighted by molar-refractivity contribution is 6.30. The third-order valence-corrected chi connectivity index (χ3v) is 3.37. The number of rotatable bonds is 6. The highest BCUT2D eigenvalue weighted by Crippen LogP contribution is 2.19. The molecule has 25 heavy (non-hydrogen) atoms. The van der Waals surface area contributed by atoms with Crippen LogP contribution in [0, 0.1) is 11.6 Å². The van der Waals surface area contributed by atoms with E-state index < -0.39 is 23.4 Å². The van der Waals surface area contributed by atoms with E-state index in [4.69, 9.17) is 11.6 Å². The second kappa shape index (κ2) is 8.55. The Kier molecular flexibility index (Phi) is 6.44. The molecule has 0 bridgehead atoms. The van der Waals surface area contributed by atoms with Crippen molar-refractivity contribution in [3.05, 3.63) is 59.1 Å². The molecule has 0 heterocycles. The molecule has 0 aliphatic rings. The largest absolute Gasteiger partial charge is 0.325 e. The van der Waals surface area contributed by atoms with Crippen molar-refractivity contribution in [3.63, 3.8) is 0 Å². The maximum atomic E-state index is 13.6. The Hall–Kier alpha value is -2.51. The lowest BCUT2D eigenvalue weighted by Crippen LogP contribution is -2.36. The van der Waals surface area contributed by atoms with E-state index in [0.717, 1.165) is 6.07 Å². The molecule has 0 radical (unpaired) electrons. The van der Waals surface area contributed by atoms with Gasteiger partial charge in [-0.05, 0) is 43.4 Å². The lowest BCUT2D eigenvalue weighted by atomic mass is 10.3. The number of anilines is 2. The van der Waals surface area contributed by atoms with Crippen molar-refractivity contribution in [2.75, 3.05) is 30.8 Å². The molecule has 0 spiro atoms. The van der Waals surface area contributed by atoms with Gasteiger partial charge < -0.3 is 10.6 Å². The van der Waals surface area contributed by atoms with Crippen molar-refractivity contribution in [1.82, 2.24) is 4.90 Å². The van der Waals surface area contributed by atoms with E-state index in [1.54, 1.807) is 13.1 Å². The minimum Gasteiger partial charge on any atom is -0.325 e. The van der Waals surface area contributed by atoms with Gasteiger partial charge in [-0.25, -0.2) is 8.78 Å². The number of amides is 2. The Morgan fingerprint density at radius 1 is 1.04 bits per heavy atom. The van der Waals surface area contributed by atoms with Crippen molar-refractivity contribution in [2.45, 2.75) is 0 Å². The molecule has 5 nitrogen and oxygen atoms in total. The van der Waals surface area contributed by atoms with Crippen molar-refractivity contribution in [2.24, 2.45) is 0 Å². The van der Waals surface area contributed by atoms with E-state index in [9.17, 15) is 18.4 Å². The van der Waals surface area contributed by atoms with E-state index in [0.29, 0.717) is 10.7 Å². The predicted molar refractivity (Wildman–Crippen MR) is 92.6 cm³/mol. The Labute approximate surface area is 148 Å². The van der Waals surface area contributed by atoms with Crippen LogP contribution in [-0.2, 0) is 9.59 Å². The summed E-state index contributed by atoms with van der Waals surface area (Å²) < 4.78 is 26.6. The topological polar surface area (TPSA) is 61.4 Å². The van der Waals surface area contributed by atoms with Gasteiger partial charge in [0.25, 0.3) is 0 Å². The first-order valence-electron chi connectivity index (χ1n) is 7.32. The lowest BCUT2D eigenvalue weighted by Gasteiger charge is -2.16. The molecule has 2 amide bonds. The molecule has 0 saturated carbocycles. The van der Waals surface area contributed by atoms with Gasteiger partial charge in [-0.3, -0.25) is 14.5 Å². The average molecular weight is 368 g/mol. The molecule has 0 aromatic heterocycles. The van der Waals surface area contributed by atoms with Gasteiger partial charge in [-0.15, -0.1) is 0 Å². The van der Waals surface area contributed by atoms with Gasteiger partial charge in [0.15, 0.2) is 0 Å². The summed E-state index contributed by atoms with van der Waals surface area (Å²) in [6.45, 7) is -0.232. The van der Waals surface area contributed by atoms with Crippen LogP contribution in [-0.4, -0.2) is 36.9 Å². The number of halogens is 3. The monoisotopic (exact) mass is 367 g/mol. The fraction of sp³-hybridized carbons (Fsp3) is 0.176. The van der Waals surface area contributed by atoms with E-state index >= 15 is 0 Å². The van der Waals surface area contributed by atoms with Crippen LogP contribution in [0.4, 0.5) is 20.2 Å². The van der Waals surface area contributed by atoms with Gasteiger partial charge in [0.1, 0.15) is 11.6 Å². The predicted octanol–water partition coefficient (Wildman–Crippen LogP) is 3.13. The Bertz CT molecular complexity index is 786. The van der Waals surface area contributed by atoms with Crippen LogP contribution in [0.5, 0.6) is 0 Å². The summed E-state index contributed by atoms with van der Waals surface area (Å²) in [5, 5.41) is 5.21. The SMILES string of the molecule is CN(CC(=O)Nc1cccc(F)c1)CC(=O)Nc1cc(Cl)ccc1F. The Morgan fingerprint density at radius 3 is 2.40 bits per heavy atom. The van der Waals surface area contributed by atoms with Gasteiger partial charge in [0.2, 0.25) is 11.8 Å². The van der Waals surface area contributed by atoms with Crippen molar-refractivity contribution < 1.29 is 18.4 Å². The normalized spacial score (nSPS) is 10.6. The first-order valence-corrected chi connectivity index (χ1v) is 7.70. The maximum absolute atomic E-state index is 13.6. The molecule has 0 saturated heterocycles. The molecule has 0 atom stereocenters. The van der Waals surface area contributed by atoms with Crippen LogP contribution in [0.15, 0.2) is 42.5 Å². The zero-order valence-corrected chi connectivity index (χ0v) is 14.1. The highest BCUT2D eigenvalue weighted by Gasteiger charge is 2.13. The van der Waals surface area contributed by atoms with E-state index in [-0.39, 0.29) is 18.8 Å². The summed E-state index contributed by atoms with van der Waals surface area (Å²) in [5.74, 6) is -1.98. The van der Waals surface area contributed by atoms with Gasteiger partial charge in [0, 0.05) is 10.7 Å². The van der Waals surface area contributed by atoms with Gasteiger partial charge >= 0.3 is 0 Å². The molecule has 0 aliphatic carbocycles. The van der Waals surface area contributed by atoms with E-state index in [1.165, 1.54) is 35.2 Å². The fourth-order valence-electron chi connectivity index (χ4n) is 2.10. The van der Waals surface area contributed by atoms with Crippen LogP contribution < -0.4 is 10.6 Å². The highest BCUT2D eigenvalue weighted by atomic mass is 35.5. The quantitative estimate of drug-likeness (QED) is 0.824. The molecular formula is C17H16ClF2N3O2. The zero-order chi connectivity index (χ0) is 18.4. The molecule has 132 valence electrons. The van der Waals surface area contributed by atoms with Crippen molar-refractivity contribution >= 4 is 34.8 Å². The Balaban J connectivity index is 1.84. The average Bonchev–Trinajstić information content (AvgIpc) is 2.50. The Morgan fingerprint density at radius 2 is 1.72 bits per heavy atom. The number of benzene rings is 2. The summed E-state index contributed by atoms with van der Waals surface area (Å²) in [5.41, 5.74) is 0.291. The molecule has 2 N–H and O–H groups in total. The number of hydrogen-bond donors (Lipinski definition) is 2. The fourth-order valence-corrected chi connectivity index (χ4v) is 2.27. The third kappa shape index (κ3) is 6.13. The molecular weight excluding hydrogens is 352 g/mol. The number of nitrogens with one attached hydrogen (secondary N) is 2. The zero-order valence-electron chi connectivity index (χ0n) is 13.4. The van der Waals surface area contributed by atoms with Gasteiger partial charge in [0.05, 0.1) is 18.8 Å².